The fraction of sp³-hybridized carbons (Fsp3) is 0.355. The highest BCUT2D eigenvalue weighted by atomic mass is 35.5. The number of ether oxygens (including phenoxy) is 3. The van der Waals surface area contributed by atoms with Crippen molar-refractivity contribution in [2.24, 2.45) is 11.8 Å². The van der Waals surface area contributed by atoms with Crippen LogP contribution in [0, 0.1) is 11.8 Å². The summed E-state index contributed by atoms with van der Waals surface area (Å²) in [6.45, 7) is 0.511. The lowest BCUT2D eigenvalue weighted by Crippen LogP contribution is -2.26. The van der Waals surface area contributed by atoms with Gasteiger partial charge in [0.15, 0.2) is 21.3 Å². The molecule has 1 saturated carbocycles. The highest BCUT2D eigenvalue weighted by molar-refractivity contribution is 7.90. The summed E-state index contributed by atoms with van der Waals surface area (Å²) in [6, 6.07) is 10.8. The van der Waals surface area contributed by atoms with E-state index in [1.165, 1.54) is 36.5 Å². The van der Waals surface area contributed by atoms with Crippen molar-refractivity contribution in [1.29, 1.82) is 0 Å². The average molecular weight is 724 g/mol. The molecule has 1 atom stereocenters. The van der Waals surface area contributed by atoms with Gasteiger partial charge in [0.25, 0.3) is 0 Å². The van der Waals surface area contributed by atoms with E-state index in [1.54, 1.807) is 18.2 Å². The summed E-state index contributed by atoms with van der Waals surface area (Å²) >= 11 is 12.8. The van der Waals surface area contributed by atoms with Crippen molar-refractivity contribution in [3.8, 4) is 17.5 Å². The largest absolute Gasteiger partial charge is 0.586 e. The number of alkyl halides is 2. The van der Waals surface area contributed by atoms with Gasteiger partial charge in [0.05, 0.1) is 39.6 Å². The van der Waals surface area contributed by atoms with E-state index >= 15 is 0 Å². The fourth-order valence-electron chi connectivity index (χ4n) is 5.61. The second kappa shape index (κ2) is 13.8. The van der Waals surface area contributed by atoms with E-state index in [9.17, 15) is 22.3 Å². The number of nitrogens with one attached hydrogen (secondary N) is 2. The van der Waals surface area contributed by atoms with E-state index in [0.717, 1.165) is 31.9 Å². The highest BCUT2D eigenvalue weighted by Crippen LogP contribution is 2.48. The molecule has 3 N–H and O–H groups in total. The normalized spacial score (nSPS) is 19.0. The lowest BCUT2D eigenvalue weighted by Gasteiger charge is -2.26. The first-order valence-corrected chi connectivity index (χ1v) is 17.6. The molecule has 1 aliphatic heterocycles. The van der Waals surface area contributed by atoms with Crippen LogP contribution in [0.1, 0.15) is 43.0 Å². The number of fused-ring (bicyclic) bond motifs is 1. The molecule has 0 radical (unpaired) electrons. The Morgan fingerprint density at radius 2 is 1.79 bits per heavy atom. The maximum absolute atomic E-state index is 14.2. The standard InChI is InChI=1S/C31H30Cl2F2N6O6S/c1-48(43,44)19-11-12-22(23(14-19)38-29-39-28(33)40-30(41-29)45-16-18-9-7-17(15-42)8-10-18)37-25(26-21(32)5-3-13-36-26)20-4-2-6-24-27(20)47-31(34,35)46-24/h2-6,11-14,17-18,25,37,42H,7-10,15-16H2,1H3,(H,38,39,40,41)/t17-,18-,25-/m0/s1. The molecule has 0 unspecified atom stereocenters. The maximum Gasteiger partial charge on any atom is 0.586 e. The van der Waals surface area contributed by atoms with Crippen molar-refractivity contribution in [3.63, 3.8) is 0 Å². The van der Waals surface area contributed by atoms with E-state index < -0.39 is 22.2 Å². The van der Waals surface area contributed by atoms with Gasteiger partial charge in [-0.3, -0.25) is 4.98 Å². The molecule has 0 saturated heterocycles. The zero-order valence-electron chi connectivity index (χ0n) is 25.4. The molecule has 0 spiro atoms. The summed E-state index contributed by atoms with van der Waals surface area (Å²) in [5, 5.41) is 15.7. The molecule has 48 heavy (non-hydrogen) atoms. The first-order chi connectivity index (χ1) is 22.9. The van der Waals surface area contributed by atoms with Crippen LogP contribution >= 0.6 is 23.2 Å². The second-order valence-electron chi connectivity index (χ2n) is 11.5. The predicted octanol–water partition coefficient (Wildman–Crippen LogP) is 6.42. The van der Waals surface area contributed by atoms with Crippen LogP contribution in [-0.4, -0.2) is 59.2 Å². The molecule has 254 valence electrons. The van der Waals surface area contributed by atoms with Crippen molar-refractivity contribution in [3.05, 3.63) is 76.3 Å². The number of nitrogens with zero attached hydrogens (tertiary/aromatic N) is 4. The molecule has 2 aliphatic rings. The van der Waals surface area contributed by atoms with Crippen LogP contribution < -0.4 is 24.8 Å². The molecule has 0 bridgehead atoms. The van der Waals surface area contributed by atoms with Gasteiger partial charge in [-0.25, -0.2) is 8.42 Å². The summed E-state index contributed by atoms with van der Waals surface area (Å²) in [5.41, 5.74) is 0.949. The maximum atomic E-state index is 14.2. The molecule has 1 aliphatic carbocycles. The van der Waals surface area contributed by atoms with Crippen molar-refractivity contribution in [1.82, 2.24) is 19.9 Å². The van der Waals surface area contributed by atoms with E-state index in [0.29, 0.717) is 12.5 Å². The predicted molar refractivity (Wildman–Crippen MR) is 173 cm³/mol. The number of hydrogen-bond donors (Lipinski definition) is 3. The number of aromatic nitrogens is 4. The van der Waals surface area contributed by atoms with Gasteiger partial charge >= 0.3 is 12.3 Å². The molecular formula is C31H30Cl2F2N6O6S. The van der Waals surface area contributed by atoms with E-state index in [2.05, 4.69) is 35.3 Å². The van der Waals surface area contributed by atoms with Gasteiger partial charge in [0, 0.05) is 24.6 Å². The molecule has 17 heteroatoms. The Hall–Kier alpha value is -4.05. The lowest BCUT2D eigenvalue weighted by molar-refractivity contribution is -0.287. The topological polar surface area (TPSA) is 158 Å². The third kappa shape index (κ3) is 7.80. The third-order valence-electron chi connectivity index (χ3n) is 8.06. The van der Waals surface area contributed by atoms with Gasteiger partial charge in [-0.2, -0.15) is 15.0 Å². The van der Waals surface area contributed by atoms with Crippen LogP contribution in [0.15, 0.2) is 59.6 Å². The Kier molecular flexibility index (Phi) is 9.74. The van der Waals surface area contributed by atoms with E-state index in [-0.39, 0.29) is 73.8 Å². The summed E-state index contributed by atoms with van der Waals surface area (Å²) in [6.07, 6.45) is 2.24. The summed E-state index contributed by atoms with van der Waals surface area (Å²) < 4.78 is 68.9. The Morgan fingerprint density at radius 3 is 2.52 bits per heavy atom. The number of anilines is 3. The van der Waals surface area contributed by atoms with E-state index in [1.807, 2.05) is 0 Å². The Labute approximate surface area is 284 Å². The molecule has 12 nitrogen and oxygen atoms in total. The summed E-state index contributed by atoms with van der Waals surface area (Å²) in [5.74, 6) is 0.0982. The third-order valence-corrected chi connectivity index (χ3v) is 9.66. The highest BCUT2D eigenvalue weighted by Gasteiger charge is 2.45. The molecule has 3 heterocycles. The number of rotatable bonds is 11. The quantitative estimate of drug-likeness (QED) is 0.156. The first-order valence-electron chi connectivity index (χ1n) is 14.9. The van der Waals surface area contributed by atoms with Crippen LogP contribution in [0.4, 0.5) is 26.1 Å². The van der Waals surface area contributed by atoms with E-state index in [4.69, 9.17) is 32.7 Å². The number of pyridine rings is 1. The molecule has 1 fully saturated rings. The van der Waals surface area contributed by atoms with Gasteiger partial charge in [-0.15, -0.1) is 8.78 Å². The van der Waals surface area contributed by atoms with Crippen LogP contribution in [0.5, 0.6) is 17.5 Å². The Bertz CT molecular complexity index is 1920. The SMILES string of the molecule is CS(=O)(=O)c1ccc(N[C@@H](c2cccc3c2OC(F)(F)O3)c2ncccc2Cl)c(Nc2nc(Cl)nc(OC[C@H]3CC[C@H](CO)CC3)n2)c1. The van der Waals surface area contributed by atoms with Gasteiger partial charge in [0.1, 0.15) is 0 Å². The number of sulfone groups is 1. The summed E-state index contributed by atoms with van der Waals surface area (Å²) in [4.78, 5) is 16.9. The monoisotopic (exact) mass is 722 g/mol. The Balaban J connectivity index is 1.34. The smallest absolute Gasteiger partial charge is 0.463 e. The fourth-order valence-corrected chi connectivity index (χ4v) is 6.64. The van der Waals surface area contributed by atoms with Crippen LogP contribution in [0.2, 0.25) is 10.3 Å². The van der Waals surface area contributed by atoms with Crippen molar-refractivity contribution in [2.45, 2.75) is 42.9 Å². The molecule has 2 aromatic heterocycles. The number of benzene rings is 2. The first kappa shape index (κ1) is 33.8. The average Bonchev–Trinajstić information content (AvgIpc) is 3.37. The van der Waals surface area contributed by atoms with Gasteiger partial charge < -0.3 is 30.0 Å². The number of para-hydroxylation sites is 1. The van der Waals surface area contributed by atoms with Crippen molar-refractivity contribution < 1.29 is 36.5 Å². The number of halogens is 4. The van der Waals surface area contributed by atoms with Gasteiger partial charge in [-0.1, -0.05) is 23.7 Å². The van der Waals surface area contributed by atoms with Crippen molar-refractivity contribution in [2.75, 3.05) is 30.1 Å². The number of aliphatic hydroxyl groups excluding tert-OH is 1. The minimum absolute atomic E-state index is 0.0324. The number of aliphatic hydroxyl groups is 1. The molecular weight excluding hydrogens is 693 g/mol. The molecule has 2 aromatic carbocycles. The minimum atomic E-state index is -3.89. The zero-order chi connectivity index (χ0) is 34.1. The summed E-state index contributed by atoms with van der Waals surface area (Å²) in [7, 11) is -3.68. The second-order valence-corrected chi connectivity index (χ2v) is 14.2. The molecule has 0 amide bonds. The lowest BCUT2D eigenvalue weighted by atomic mass is 9.83. The van der Waals surface area contributed by atoms with Crippen LogP contribution in [0.25, 0.3) is 0 Å². The number of hydrogen-bond acceptors (Lipinski definition) is 12. The van der Waals surface area contributed by atoms with Gasteiger partial charge in [-0.05, 0) is 85.5 Å². The Morgan fingerprint density at radius 1 is 1.02 bits per heavy atom. The van der Waals surface area contributed by atoms with Gasteiger partial charge in [0.2, 0.25) is 11.2 Å². The van der Waals surface area contributed by atoms with Crippen LogP contribution in [-0.2, 0) is 9.84 Å². The molecule has 6 rings (SSSR count). The minimum Gasteiger partial charge on any atom is -0.463 e. The zero-order valence-corrected chi connectivity index (χ0v) is 27.7. The van der Waals surface area contributed by atoms with Crippen molar-refractivity contribution >= 4 is 50.4 Å². The molecule has 4 aromatic rings. The van der Waals surface area contributed by atoms with Crippen LogP contribution in [0.3, 0.4) is 0 Å².